The first-order valence-corrected chi connectivity index (χ1v) is 4.80. The topological polar surface area (TPSA) is 12.9 Å². The zero-order chi connectivity index (χ0) is 9.14. The predicted molar refractivity (Wildman–Crippen MR) is 56.4 cm³/mol. The van der Waals surface area contributed by atoms with E-state index in [1.165, 1.54) is 0 Å². The Morgan fingerprint density at radius 2 is 2.33 bits per heavy atom. The Bertz CT molecular complexity index is 325. The normalized spacial score (nSPS) is 11.8. The maximum absolute atomic E-state index is 5.97. The largest absolute Gasteiger partial charge is 0.241 e. The van der Waals surface area contributed by atoms with Crippen molar-refractivity contribution in [3.8, 4) is 0 Å². The first-order valence-electron chi connectivity index (χ1n) is 3.61. The first-order chi connectivity index (χ1) is 5.69. The number of rotatable bonds is 2. The maximum Gasteiger partial charge on any atom is 0.0908 e. The molecule has 0 fully saturated rings. The number of thiazole rings is 1. The number of aryl methyl sites for hydroxylation is 1. The van der Waals surface area contributed by atoms with Crippen molar-refractivity contribution in [3.63, 3.8) is 0 Å². The molecule has 0 unspecified atom stereocenters. The quantitative estimate of drug-likeness (QED) is 0.708. The van der Waals surface area contributed by atoms with Crippen molar-refractivity contribution < 1.29 is 0 Å². The third-order valence-corrected chi connectivity index (χ3v) is 2.96. The molecular weight excluding hydrogens is 190 g/mol. The molecule has 0 N–H and O–H groups in total. The van der Waals surface area contributed by atoms with Crippen LogP contribution >= 0.6 is 22.9 Å². The first kappa shape index (κ1) is 9.49. The van der Waals surface area contributed by atoms with Crippen LogP contribution in [0.1, 0.15) is 22.5 Å². The molecule has 0 amide bonds. The van der Waals surface area contributed by atoms with Gasteiger partial charge in [-0.2, -0.15) is 0 Å². The molecule has 1 heterocycles. The molecule has 1 aromatic heterocycles. The Morgan fingerprint density at radius 1 is 1.67 bits per heavy atom. The zero-order valence-corrected chi connectivity index (χ0v) is 8.67. The molecule has 0 aromatic carbocycles. The highest BCUT2D eigenvalue weighted by Crippen LogP contribution is 2.29. The van der Waals surface area contributed by atoms with Crippen LogP contribution in [-0.2, 0) is 0 Å². The summed E-state index contributed by atoms with van der Waals surface area (Å²) in [5.41, 5.74) is 0.876. The zero-order valence-electron chi connectivity index (χ0n) is 7.10. The van der Waals surface area contributed by atoms with Gasteiger partial charge in [0.15, 0.2) is 0 Å². The van der Waals surface area contributed by atoms with E-state index in [4.69, 9.17) is 11.6 Å². The lowest BCUT2D eigenvalue weighted by atomic mass is 10.3. The van der Waals surface area contributed by atoms with E-state index in [1.807, 2.05) is 19.9 Å². The molecule has 12 heavy (non-hydrogen) atoms. The third-order valence-electron chi connectivity index (χ3n) is 1.42. The van der Waals surface area contributed by atoms with Gasteiger partial charge in [0.05, 0.1) is 20.6 Å². The van der Waals surface area contributed by atoms with Gasteiger partial charge in [0.1, 0.15) is 0 Å². The van der Waals surface area contributed by atoms with Crippen molar-refractivity contribution in [1.29, 1.82) is 0 Å². The summed E-state index contributed by atoms with van der Waals surface area (Å²) >= 11 is 7.56. The number of hydrogen-bond donors (Lipinski definition) is 0. The van der Waals surface area contributed by atoms with Crippen LogP contribution in [0, 0.1) is 6.92 Å². The number of nitrogens with zero attached hydrogens (tertiary/aromatic N) is 1. The smallest absolute Gasteiger partial charge is 0.0908 e. The van der Waals surface area contributed by atoms with Crippen LogP contribution in [0.4, 0.5) is 0 Å². The highest BCUT2D eigenvalue weighted by Gasteiger charge is 2.07. The number of allylic oxidation sites excluding steroid dienone is 1. The highest BCUT2D eigenvalue weighted by atomic mass is 35.5. The van der Waals surface area contributed by atoms with Crippen LogP contribution < -0.4 is 0 Å². The van der Waals surface area contributed by atoms with Crippen LogP contribution in [0.3, 0.4) is 0 Å². The second-order valence-electron chi connectivity index (χ2n) is 2.29. The molecule has 1 aromatic rings. The molecule has 0 atom stereocenters. The summed E-state index contributed by atoms with van der Waals surface area (Å²) in [7, 11) is 0. The second-order valence-corrected chi connectivity index (χ2v) is 3.90. The fourth-order valence-corrected chi connectivity index (χ4v) is 1.98. The summed E-state index contributed by atoms with van der Waals surface area (Å²) in [5.74, 6) is 0. The van der Waals surface area contributed by atoms with Crippen LogP contribution in [-0.4, -0.2) is 4.98 Å². The lowest BCUT2D eigenvalue weighted by Crippen LogP contribution is -1.76. The summed E-state index contributed by atoms with van der Waals surface area (Å²) in [6.45, 7) is 7.55. The average molecular weight is 200 g/mol. The molecule has 0 aliphatic rings. The molecule has 1 rings (SSSR count). The molecule has 0 saturated heterocycles. The van der Waals surface area contributed by atoms with Crippen molar-refractivity contribution in [2.45, 2.75) is 13.8 Å². The van der Waals surface area contributed by atoms with Crippen LogP contribution in [0.2, 0.25) is 0 Å². The predicted octanol–water partition coefficient (Wildman–Crippen LogP) is 3.69. The van der Waals surface area contributed by atoms with E-state index in [1.54, 1.807) is 17.4 Å². The van der Waals surface area contributed by atoms with Gasteiger partial charge in [-0.05, 0) is 19.9 Å². The molecule has 1 nitrogen and oxygen atoms in total. The Kier molecular flexibility index (Phi) is 3.06. The van der Waals surface area contributed by atoms with Crippen LogP contribution in [0.25, 0.3) is 11.1 Å². The third kappa shape index (κ3) is 1.76. The van der Waals surface area contributed by atoms with Gasteiger partial charge in [-0.15, -0.1) is 11.3 Å². The average Bonchev–Trinajstić information content (AvgIpc) is 2.45. The van der Waals surface area contributed by atoms with E-state index >= 15 is 0 Å². The molecule has 0 aliphatic heterocycles. The summed E-state index contributed by atoms with van der Waals surface area (Å²) in [4.78, 5) is 5.28. The summed E-state index contributed by atoms with van der Waals surface area (Å²) in [6, 6.07) is 0. The van der Waals surface area contributed by atoms with E-state index in [-0.39, 0.29) is 0 Å². The van der Waals surface area contributed by atoms with Gasteiger partial charge >= 0.3 is 0 Å². The van der Waals surface area contributed by atoms with E-state index in [9.17, 15) is 0 Å². The Morgan fingerprint density at radius 3 is 2.83 bits per heavy atom. The molecule has 0 saturated carbocycles. The van der Waals surface area contributed by atoms with Crippen molar-refractivity contribution in [3.05, 3.63) is 28.2 Å². The maximum atomic E-state index is 5.97. The molecule has 0 spiro atoms. The minimum atomic E-state index is 0.746. The fourth-order valence-electron chi connectivity index (χ4n) is 0.884. The van der Waals surface area contributed by atoms with E-state index in [0.717, 1.165) is 20.6 Å². The van der Waals surface area contributed by atoms with Gasteiger partial charge in [0.2, 0.25) is 0 Å². The van der Waals surface area contributed by atoms with Gasteiger partial charge in [0, 0.05) is 0 Å². The standard InChI is InChI=1S/C9H10ClNS/c1-4-7(10)9-8(5-2)11-6(3)12-9/h4-5H,2H2,1,3H3/b7-4+. The number of halogens is 1. The Labute approximate surface area is 81.4 Å². The molecule has 64 valence electrons. The van der Waals surface area contributed by atoms with Gasteiger partial charge in [-0.3, -0.25) is 0 Å². The lowest BCUT2D eigenvalue weighted by molar-refractivity contribution is 1.27. The second kappa shape index (κ2) is 3.87. The van der Waals surface area contributed by atoms with Gasteiger partial charge in [-0.25, -0.2) is 4.98 Å². The summed E-state index contributed by atoms with van der Waals surface area (Å²) in [6.07, 6.45) is 3.59. The van der Waals surface area contributed by atoms with Crippen molar-refractivity contribution in [1.82, 2.24) is 4.98 Å². The Hall–Kier alpha value is -0.600. The fraction of sp³-hybridized carbons (Fsp3) is 0.222. The van der Waals surface area contributed by atoms with Crippen LogP contribution in [0.5, 0.6) is 0 Å². The molecule has 0 radical (unpaired) electrons. The SMILES string of the molecule is C=Cc1nc(C)sc1/C(Cl)=C\C. The van der Waals surface area contributed by atoms with Crippen LogP contribution in [0.15, 0.2) is 12.7 Å². The molecule has 0 aliphatic carbocycles. The van der Waals surface area contributed by atoms with Crippen molar-refractivity contribution >= 4 is 34.0 Å². The van der Waals surface area contributed by atoms with Gasteiger partial charge in [-0.1, -0.05) is 24.3 Å². The minimum Gasteiger partial charge on any atom is -0.241 e. The highest BCUT2D eigenvalue weighted by molar-refractivity contribution is 7.13. The van der Waals surface area contributed by atoms with Crippen molar-refractivity contribution in [2.24, 2.45) is 0 Å². The number of aromatic nitrogens is 1. The Balaban J connectivity index is 3.22. The monoisotopic (exact) mass is 199 g/mol. The molecule has 0 bridgehead atoms. The summed E-state index contributed by atoms with van der Waals surface area (Å²) < 4.78 is 0. The summed E-state index contributed by atoms with van der Waals surface area (Å²) in [5, 5.41) is 1.76. The van der Waals surface area contributed by atoms with Crippen molar-refractivity contribution in [2.75, 3.05) is 0 Å². The minimum absolute atomic E-state index is 0.746. The lowest BCUT2D eigenvalue weighted by Gasteiger charge is -1.92. The van der Waals surface area contributed by atoms with E-state index in [0.29, 0.717) is 0 Å². The number of hydrogen-bond acceptors (Lipinski definition) is 2. The molecular formula is C9H10ClNS. The van der Waals surface area contributed by atoms with Gasteiger partial charge < -0.3 is 0 Å². The van der Waals surface area contributed by atoms with Gasteiger partial charge in [0.25, 0.3) is 0 Å². The molecule has 3 heteroatoms. The van der Waals surface area contributed by atoms with E-state index < -0.39 is 0 Å². The van der Waals surface area contributed by atoms with E-state index in [2.05, 4.69) is 11.6 Å².